The molecule has 29 heavy (non-hydrogen) atoms. The Morgan fingerprint density at radius 3 is 2.31 bits per heavy atom. The highest BCUT2D eigenvalue weighted by molar-refractivity contribution is 7.89. The van der Waals surface area contributed by atoms with Crippen molar-refractivity contribution in [1.82, 2.24) is 8.87 Å². The zero-order valence-electron chi connectivity index (χ0n) is 17.1. The maximum atomic E-state index is 13.2. The number of aliphatic hydroxyl groups excluding tert-OH is 1. The largest absolute Gasteiger partial charge is 0.392 e. The molecular weight excluding hydrogens is 390 g/mol. The van der Waals surface area contributed by atoms with Gasteiger partial charge in [-0.1, -0.05) is 0 Å². The van der Waals surface area contributed by atoms with Gasteiger partial charge in [-0.15, -0.1) is 0 Å². The second-order valence-corrected chi connectivity index (χ2v) is 9.69. The fourth-order valence-corrected chi connectivity index (χ4v) is 5.79. The first-order chi connectivity index (χ1) is 13.9. The third kappa shape index (κ3) is 3.70. The molecule has 3 heterocycles. The Labute approximate surface area is 172 Å². The van der Waals surface area contributed by atoms with Crippen LogP contribution in [0.1, 0.15) is 29.8 Å². The van der Waals surface area contributed by atoms with Crippen LogP contribution in [0.5, 0.6) is 0 Å². The van der Waals surface area contributed by atoms with Crippen molar-refractivity contribution in [1.29, 1.82) is 0 Å². The lowest BCUT2D eigenvalue weighted by atomic mass is 10.2. The summed E-state index contributed by atoms with van der Waals surface area (Å²) in [4.78, 5) is 2.62. The number of rotatable bonds is 5. The highest BCUT2D eigenvalue weighted by Gasteiger charge is 2.28. The standard InChI is InChI=1S/C21H29N3O4S/c1-16-13-18(15-25)17(2)24(16)21-14-19(5-6-20(21)22-7-3-4-8-22)29(26,27)23-9-11-28-12-10-23/h5-6,13-14,25H,3-4,7-12,15H2,1-2H3. The molecule has 2 fully saturated rings. The van der Waals surface area contributed by atoms with Crippen molar-refractivity contribution in [2.75, 3.05) is 44.3 Å². The van der Waals surface area contributed by atoms with Crippen molar-refractivity contribution < 1.29 is 18.3 Å². The lowest BCUT2D eigenvalue weighted by Gasteiger charge is -2.28. The van der Waals surface area contributed by atoms with Crippen LogP contribution in [0.15, 0.2) is 29.2 Å². The molecule has 7 nitrogen and oxygen atoms in total. The van der Waals surface area contributed by atoms with Gasteiger partial charge in [-0.3, -0.25) is 0 Å². The number of nitrogens with zero attached hydrogens (tertiary/aromatic N) is 3. The highest BCUT2D eigenvalue weighted by Crippen LogP contribution is 2.34. The normalized spacial score (nSPS) is 18.5. The van der Waals surface area contributed by atoms with Crippen molar-refractivity contribution in [3.63, 3.8) is 0 Å². The van der Waals surface area contributed by atoms with Crippen LogP contribution in [0.2, 0.25) is 0 Å². The minimum atomic E-state index is -3.59. The summed E-state index contributed by atoms with van der Waals surface area (Å²) in [5, 5.41) is 9.70. The Morgan fingerprint density at radius 1 is 1.00 bits per heavy atom. The van der Waals surface area contributed by atoms with Gasteiger partial charge in [-0.2, -0.15) is 4.31 Å². The number of benzene rings is 1. The summed E-state index contributed by atoms with van der Waals surface area (Å²) in [5.74, 6) is 0. The molecule has 2 saturated heterocycles. The number of aromatic nitrogens is 1. The van der Waals surface area contributed by atoms with Gasteiger partial charge in [0.05, 0.1) is 36.1 Å². The van der Waals surface area contributed by atoms with Crippen molar-refractivity contribution in [2.45, 2.75) is 38.2 Å². The number of hydrogen-bond acceptors (Lipinski definition) is 5. The molecule has 0 radical (unpaired) electrons. The van der Waals surface area contributed by atoms with Crippen LogP contribution in [0, 0.1) is 13.8 Å². The van der Waals surface area contributed by atoms with Gasteiger partial charge in [-0.25, -0.2) is 8.42 Å². The fraction of sp³-hybridized carbons (Fsp3) is 0.524. The van der Waals surface area contributed by atoms with E-state index in [0.717, 1.165) is 54.3 Å². The maximum Gasteiger partial charge on any atom is 0.243 e. The van der Waals surface area contributed by atoms with Crippen LogP contribution in [0.3, 0.4) is 0 Å². The molecule has 2 aliphatic rings. The van der Waals surface area contributed by atoms with E-state index in [0.29, 0.717) is 31.2 Å². The molecule has 0 saturated carbocycles. The molecule has 2 aliphatic heterocycles. The van der Waals surface area contributed by atoms with E-state index < -0.39 is 10.0 Å². The summed E-state index contributed by atoms with van der Waals surface area (Å²) in [6.07, 6.45) is 2.28. The van der Waals surface area contributed by atoms with Gasteiger partial charge in [-0.05, 0) is 56.5 Å². The number of aliphatic hydroxyl groups is 1. The van der Waals surface area contributed by atoms with Crippen LogP contribution < -0.4 is 4.90 Å². The Balaban J connectivity index is 1.85. The molecule has 2 aromatic rings. The zero-order valence-corrected chi connectivity index (χ0v) is 17.9. The number of hydrogen-bond donors (Lipinski definition) is 1. The predicted octanol–water partition coefficient (Wildman–Crippen LogP) is 2.21. The minimum absolute atomic E-state index is 0.0372. The average molecular weight is 420 g/mol. The van der Waals surface area contributed by atoms with Crippen molar-refractivity contribution in [3.05, 3.63) is 41.2 Å². The second-order valence-electron chi connectivity index (χ2n) is 7.75. The molecule has 1 aromatic heterocycles. The van der Waals surface area contributed by atoms with Gasteiger partial charge in [0.1, 0.15) is 0 Å². The zero-order chi connectivity index (χ0) is 20.6. The number of morpholine rings is 1. The number of aryl methyl sites for hydroxylation is 1. The van der Waals surface area contributed by atoms with Gasteiger partial charge < -0.3 is 19.3 Å². The summed E-state index contributed by atoms with van der Waals surface area (Å²) in [5.41, 5.74) is 4.67. The number of anilines is 1. The molecule has 1 N–H and O–H groups in total. The van der Waals surface area contributed by atoms with E-state index >= 15 is 0 Å². The molecule has 4 rings (SSSR count). The van der Waals surface area contributed by atoms with Crippen LogP contribution in [-0.2, 0) is 21.4 Å². The Kier molecular flexibility index (Phi) is 5.70. The molecule has 0 aliphatic carbocycles. The van der Waals surface area contributed by atoms with Gasteiger partial charge in [0.2, 0.25) is 10.0 Å². The topological polar surface area (TPSA) is 75.0 Å². The Hall–Kier alpha value is -1.87. The average Bonchev–Trinajstić information content (AvgIpc) is 3.36. The molecule has 0 bridgehead atoms. The molecule has 1 aromatic carbocycles. The maximum absolute atomic E-state index is 13.2. The van der Waals surface area contributed by atoms with Crippen LogP contribution in [0.4, 0.5) is 5.69 Å². The van der Waals surface area contributed by atoms with E-state index in [4.69, 9.17) is 4.74 Å². The van der Waals surface area contributed by atoms with Crippen LogP contribution in [-0.4, -0.2) is 61.8 Å². The number of ether oxygens (including phenoxy) is 1. The Bertz CT molecular complexity index is 988. The first-order valence-electron chi connectivity index (χ1n) is 10.2. The molecule has 0 amide bonds. The minimum Gasteiger partial charge on any atom is -0.392 e. The van der Waals surface area contributed by atoms with E-state index in [1.165, 1.54) is 4.31 Å². The monoisotopic (exact) mass is 419 g/mol. The van der Waals surface area contributed by atoms with Gasteiger partial charge in [0, 0.05) is 37.6 Å². The third-order valence-corrected chi connectivity index (χ3v) is 7.84. The lowest BCUT2D eigenvalue weighted by Crippen LogP contribution is -2.40. The van der Waals surface area contributed by atoms with E-state index in [1.807, 2.05) is 26.0 Å². The molecule has 158 valence electrons. The summed E-state index contributed by atoms with van der Waals surface area (Å²) < 4.78 is 35.4. The molecular formula is C21H29N3O4S. The first kappa shape index (κ1) is 20.4. The van der Waals surface area contributed by atoms with Crippen molar-refractivity contribution in [2.24, 2.45) is 0 Å². The molecule has 0 unspecified atom stereocenters. The van der Waals surface area contributed by atoms with E-state index in [2.05, 4.69) is 9.47 Å². The van der Waals surface area contributed by atoms with Crippen molar-refractivity contribution >= 4 is 15.7 Å². The van der Waals surface area contributed by atoms with E-state index in [-0.39, 0.29) is 6.61 Å². The van der Waals surface area contributed by atoms with Crippen LogP contribution in [0.25, 0.3) is 5.69 Å². The van der Waals surface area contributed by atoms with Gasteiger partial charge in [0.25, 0.3) is 0 Å². The smallest absolute Gasteiger partial charge is 0.243 e. The quantitative estimate of drug-likeness (QED) is 0.804. The third-order valence-electron chi connectivity index (χ3n) is 5.95. The predicted molar refractivity (Wildman–Crippen MR) is 112 cm³/mol. The lowest BCUT2D eigenvalue weighted by molar-refractivity contribution is 0.0730. The number of sulfonamides is 1. The van der Waals surface area contributed by atoms with Gasteiger partial charge >= 0.3 is 0 Å². The first-order valence-corrected chi connectivity index (χ1v) is 11.6. The molecule has 8 heteroatoms. The highest BCUT2D eigenvalue weighted by atomic mass is 32.2. The SMILES string of the molecule is Cc1cc(CO)c(C)n1-c1cc(S(=O)(=O)N2CCOCC2)ccc1N1CCCC1. The van der Waals surface area contributed by atoms with Crippen molar-refractivity contribution in [3.8, 4) is 5.69 Å². The second kappa shape index (κ2) is 8.10. The fourth-order valence-electron chi connectivity index (χ4n) is 4.36. The molecule has 0 atom stereocenters. The summed E-state index contributed by atoms with van der Waals surface area (Å²) in [7, 11) is -3.59. The Morgan fingerprint density at radius 2 is 1.69 bits per heavy atom. The van der Waals surface area contributed by atoms with E-state index in [9.17, 15) is 13.5 Å². The van der Waals surface area contributed by atoms with Gasteiger partial charge in [0.15, 0.2) is 0 Å². The summed E-state index contributed by atoms with van der Waals surface area (Å²) in [6.45, 7) is 7.46. The summed E-state index contributed by atoms with van der Waals surface area (Å²) >= 11 is 0. The van der Waals surface area contributed by atoms with E-state index in [1.54, 1.807) is 12.1 Å². The summed E-state index contributed by atoms with van der Waals surface area (Å²) in [6, 6.07) is 7.42. The molecule has 0 spiro atoms. The van der Waals surface area contributed by atoms with Crippen LogP contribution >= 0.6 is 0 Å².